The third-order valence-corrected chi connectivity index (χ3v) is 2.85. The summed E-state index contributed by atoms with van der Waals surface area (Å²) in [6.45, 7) is 4.65. The first-order chi connectivity index (χ1) is 6.25. The largest absolute Gasteiger partial charge is 0.369 e. The Kier molecular flexibility index (Phi) is 2.51. The third kappa shape index (κ3) is 2.42. The van der Waals surface area contributed by atoms with E-state index in [1.165, 1.54) is 12.8 Å². The van der Waals surface area contributed by atoms with Crippen LogP contribution in [0.2, 0.25) is 0 Å². The lowest BCUT2D eigenvalue weighted by Gasteiger charge is -2.33. The van der Waals surface area contributed by atoms with Crippen LogP contribution in [-0.2, 0) is 4.79 Å². The van der Waals surface area contributed by atoms with Gasteiger partial charge in [0.15, 0.2) is 0 Å². The fourth-order valence-electron chi connectivity index (χ4n) is 1.95. The third-order valence-electron chi connectivity index (χ3n) is 2.85. The van der Waals surface area contributed by atoms with Crippen molar-refractivity contribution in [3.8, 4) is 0 Å². The number of amides is 1. The van der Waals surface area contributed by atoms with E-state index in [0.717, 1.165) is 32.2 Å². The fraction of sp³-hybridized carbons (Fsp3) is 0.889. The van der Waals surface area contributed by atoms with Gasteiger partial charge in [-0.05, 0) is 12.8 Å². The van der Waals surface area contributed by atoms with Gasteiger partial charge in [-0.15, -0.1) is 0 Å². The first-order valence-electron chi connectivity index (χ1n) is 5.00. The van der Waals surface area contributed by atoms with Gasteiger partial charge in [0.1, 0.15) is 0 Å². The lowest BCUT2D eigenvalue weighted by Crippen LogP contribution is -2.49. The molecule has 4 nitrogen and oxygen atoms in total. The monoisotopic (exact) mass is 183 g/mol. The van der Waals surface area contributed by atoms with Crippen molar-refractivity contribution in [1.29, 1.82) is 0 Å². The number of rotatable bonds is 3. The van der Waals surface area contributed by atoms with Crippen molar-refractivity contribution in [3.63, 3.8) is 0 Å². The molecule has 2 fully saturated rings. The molecule has 0 aromatic rings. The minimum Gasteiger partial charge on any atom is -0.369 e. The molecule has 2 rings (SSSR count). The maximum atomic E-state index is 10.7. The summed E-state index contributed by atoms with van der Waals surface area (Å²) in [5.41, 5.74) is 5.14. The van der Waals surface area contributed by atoms with Crippen molar-refractivity contribution in [2.45, 2.75) is 18.9 Å². The Balaban J connectivity index is 1.72. The summed E-state index contributed by atoms with van der Waals surface area (Å²) < 4.78 is 0. The molecule has 13 heavy (non-hydrogen) atoms. The van der Waals surface area contributed by atoms with Crippen molar-refractivity contribution >= 4 is 5.91 Å². The Hall–Kier alpha value is -0.610. The number of piperazine rings is 1. The van der Waals surface area contributed by atoms with Gasteiger partial charge in [0.25, 0.3) is 0 Å². The molecule has 1 saturated carbocycles. The molecule has 0 aromatic carbocycles. The summed E-state index contributed by atoms with van der Waals surface area (Å²) in [5, 5.41) is 0. The number of hydrogen-bond donors (Lipinski definition) is 1. The maximum absolute atomic E-state index is 10.7. The molecule has 2 N–H and O–H groups in total. The number of carbonyl (C=O) groups is 1. The maximum Gasteiger partial charge on any atom is 0.231 e. The van der Waals surface area contributed by atoms with Gasteiger partial charge in [-0.2, -0.15) is 0 Å². The molecular formula is C9H17N3O. The minimum absolute atomic E-state index is 0.208. The second kappa shape index (κ2) is 3.64. The second-order valence-corrected chi connectivity index (χ2v) is 4.01. The van der Waals surface area contributed by atoms with Crippen LogP contribution in [0.4, 0.5) is 0 Å². The van der Waals surface area contributed by atoms with Crippen molar-refractivity contribution < 1.29 is 4.79 Å². The SMILES string of the molecule is NC(=O)CN1CCN(C2CC2)CC1. The highest BCUT2D eigenvalue weighted by atomic mass is 16.1. The predicted molar refractivity (Wildman–Crippen MR) is 50.2 cm³/mol. The Bertz CT molecular complexity index is 195. The van der Waals surface area contributed by atoms with Crippen LogP contribution in [0.5, 0.6) is 0 Å². The highest BCUT2D eigenvalue weighted by molar-refractivity contribution is 5.75. The average Bonchev–Trinajstić information content (AvgIpc) is 2.87. The van der Waals surface area contributed by atoms with Gasteiger partial charge in [-0.1, -0.05) is 0 Å². The molecule has 1 saturated heterocycles. The van der Waals surface area contributed by atoms with Gasteiger partial charge in [0.05, 0.1) is 6.54 Å². The summed E-state index contributed by atoms with van der Waals surface area (Å²) in [6, 6.07) is 0.857. The zero-order valence-corrected chi connectivity index (χ0v) is 7.91. The van der Waals surface area contributed by atoms with Crippen molar-refractivity contribution in [2.75, 3.05) is 32.7 Å². The van der Waals surface area contributed by atoms with Crippen LogP contribution in [0, 0.1) is 0 Å². The van der Waals surface area contributed by atoms with E-state index >= 15 is 0 Å². The summed E-state index contributed by atoms with van der Waals surface area (Å²) in [7, 11) is 0. The van der Waals surface area contributed by atoms with Crippen LogP contribution in [0.1, 0.15) is 12.8 Å². The first-order valence-corrected chi connectivity index (χ1v) is 5.00. The molecule has 0 atom stereocenters. The van der Waals surface area contributed by atoms with Crippen molar-refractivity contribution in [3.05, 3.63) is 0 Å². The van der Waals surface area contributed by atoms with Crippen LogP contribution in [-0.4, -0.2) is 54.5 Å². The van der Waals surface area contributed by atoms with Gasteiger partial charge in [-0.25, -0.2) is 0 Å². The summed E-state index contributed by atoms with van der Waals surface area (Å²) >= 11 is 0. The highest BCUT2D eigenvalue weighted by Crippen LogP contribution is 2.27. The van der Waals surface area contributed by atoms with E-state index in [2.05, 4.69) is 9.80 Å². The molecule has 1 heterocycles. The molecule has 0 aromatic heterocycles. The van der Waals surface area contributed by atoms with Gasteiger partial charge in [-0.3, -0.25) is 14.6 Å². The van der Waals surface area contributed by atoms with Gasteiger partial charge in [0, 0.05) is 32.2 Å². The Morgan fingerprint density at radius 3 is 2.31 bits per heavy atom. The van der Waals surface area contributed by atoms with E-state index in [0.29, 0.717) is 6.54 Å². The summed E-state index contributed by atoms with van der Waals surface area (Å²) in [4.78, 5) is 15.3. The lowest BCUT2D eigenvalue weighted by molar-refractivity contribution is -0.119. The standard InChI is InChI=1S/C9H17N3O/c10-9(13)7-11-3-5-12(6-4-11)8-1-2-8/h8H,1-7H2,(H2,10,13). The van der Waals surface area contributed by atoms with E-state index in [1.807, 2.05) is 0 Å². The van der Waals surface area contributed by atoms with Crippen LogP contribution in [0.25, 0.3) is 0 Å². The molecule has 1 aliphatic heterocycles. The van der Waals surface area contributed by atoms with Gasteiger partial charge >= 0.3 is 0 Å². The van der Waals surface area contributed by atoms with Gasteiger partial charge in [0.2, 0.25) is 5.91 Å². The quantitative estimate of drug-likeness (QED) is 0.626. The molecule has 1 amide bonds. The van der Waals surface area contributed by atoms with E-state index in [9.17, 15) is 4.79 Å². The molecule has 0 spiro atoms. The van der Waals surface area contributed by atoms with Crippen molar-refractivity contribution in [2.24, 2.45) is 5.73 Å². The molecule has 74 valence electrons. The van der Waals surface area contributed by atoms with Crippen LogP contribution in [0.15, 0.2) is 0 Å². The zero-order valence-electron chi connectivity index (χ0n) is 7.91. The van der Waals surface area contributed by atoms with Crippen LogP contribution >= 0.6 is 0 Å². The van der Waals surface area contributed by atoms with Crippen molar-refractivity contribution in [1.82, 2.24) is 9.80 Å². The fourth-order valence-corrected chi connectivity index (χ4v) is 1.95. The van der Waals surface area contributed by atoms with E-state index in [4.69, 9.17) is 5.73 Å². The summed E-state index contributed by atoms with van der Waals surface area (Å²) in [6.07, 6.45) is 2.74. The number of primary amides is 1. The Labute approximate surface area is 78.7 Å². The van der Waals surface area contributed by atoms with E-state index in [1.54, 1.807) is 0 Å². The molecule has 2 aliphatic rings. The first kappa shape index (κ1) is 8.97. The average molecular weight is 183 g/mol. The minimum atomic E-state index is -0.208. The number of carbonyl (C=O) groups excluding carboxylic acids is 1. The summed E-state index contributed by atoms with van der Waals surface area (Å²) in [5.74, 6) is -0.208. The number of nitrogens with two attached hydrogens (primary N) is 1. The molecule has 0 bridgehead atoms. The molecule has 0 unspecified atom stereocenters. The number of hydrogen-bond acceptors (Lipinski definition) is 3. The smallest absolute Gasteiger partial charge is 0.231 e. The van der Waals surface area contributed by atoms with Crippen LogP contribution in [0.3, 0.4) is 0 Å². The molecular weight excluding hydrogens is 166 g/mol. The van der Waals surface area contributed by atoms with Gasteiger partial charge < -0.3 is 5.73 Å². The zero-order chi connectivity index (χ0) is 9.26. The number of nitrogens with zero attached hydrogens (tertiary/aromatic N) is 2. The second-order valence-electron chi connectivity index (χ2n) is 4.01. The Morgan fingerprint density at radius 1 is 1.23 bits per heavy atom. The molecule has 4 heteroatoms. The lowest BCUT2D eigenvalue weighted by atomic mass is 10.3. The van der Waals surface area contributed by atoms with Crippen LogP contribution < -0.4 is 5.73 Å². The predicted octanol–water partition coefficient (Wildman–Crippen LogP) is -0.748. The van der Waals surface area contributed by atoms with E-state index < -0.39 is 0 Å². The molecule has 0 radical (unpaired) electrons. The molecule has 1 aliphatic carbocycles. The van der Waals surface area contributed by atoms with E-state index in [-0.39, 0.29) is 5.91 Å². The highest BCUT2D eigenvalue weighted by Gasteiger charge is 2.31. The Morgan fingerprint density at radius 2 is 1.85 bits per heavy atom. The normalized spacial score (nSPS) is 26.2. The topological polar surface area (TPSA) is 49.6 Å².